The molecule has 2 aromatic rings. The second-order valence-corrected chi connectivity index (χ2v) is 10.3. The molecular weight excluding hydrogens is 426 g/mol. The third-order valence-electron chi connectivity index (χ3n) is 6.25. The Morgan fingerprint density at radius 3 is 2.25 bits per heavy atom. The topological polar surface area (TPSA) is 86.8 Å². The molecule has 0 saturated carbocycles. The maximum Gasteiger partial charge on any atom is 0.243 e. The zero-order valence-corrected chi connectivity index (χ0v) is 18.9. The summed E-state index contributed by atoms with van der Waals surface area (Å²) in [5, 5.41) is 3.07. The molecule has 0 spiro atoms. The van der Waals surface area contributed by atoms with E-state index in [9.17, 15) is 18.0 Å². The van der Waals surface area contributed by atoms with Crippen LogP contribution in [-0.4, -0.2) is 61.7 Å². The standard InChI is InChI=1S/C24H29N3O4S/c28-23(25-21-11-10-19-6-4-5-7-20(19)18-21)12-13-24(29)26-14-16-27(17-15-26)32(30,31)22-8-2-1-3-9-22/h1-9,21H,10-18H2,(H,25,28). The van der Waals surface area contributed by atoms with E-state index in [1.54, 1.807) is 35.2 Å². The van der Waals surface area contributed by atoms with Crippen molar-refractivity contribution < 1.29 is 18.0 Å². The lowest BCUT2D eigenvalue weighted by Crippen LogP contribution is -2.50. The van der Waals surface area contributed by atoms with Gasteiger partial charge < -0.3 is 10.2 Å². The number of piperazine rings is 1. The predicted molar refractivity (Wildman–Crippen MR) is 121 cm³/mol. The number of aryl methyl sites for hydroxylation is 1. The number of carbonyl (C=O) groups excluding carboxylic acids is 2. The molecule has 1 saturated heterocycles. The number of nitrogens with one attached hydrogen (secondary N) is 1. The number of fused-ring (bicyclic) bond motifs is 1. The van der Waals surface area contributed by atoms with E-state index in [0.29, 0.717) is 13.1 Å². The molecule has 1 heterocycles. The van der Waals surface area contributed by atoms with Gasteiger partial charge in [-0.15, -0.1) is 0 Å². The fraction of sp³-hybridized carbons (Fsp3) is 0.417. The summed E-state index contributed by atoms with van der Waals surface area (Å²) in [6, 6.07) is 16.7. The lowest BCUT2D eigenvalue weighted by molar-refractivity contribution is -0.134. The van der Waals surface area contributed by atoms with Crippen molar-refractivity contribution in [2.75, 3.05) is 26.2 Å². The molecule has 0 radical (unpaired) electrons. The molecule has 7 nitrogen and oxygen atoms in total. The Morgan fingerprint density at radius 1 is 0.875 bits per heavy atom. The molecule has 2 aliphatic rings. The van der Waals surface area contributed by atoms with Crippen LogP contribution in [-0.2, 0) is 32.5 Å². The van der Waals surface area contributed by atoms with E-state index in [-0.39, 0.29) is 48.7 Å². The quantitative estimate of drug-likeness (QED) is 0.722. The van der Waals surface area contributed by atoms with Crippen molar-refractivity contribution in [1.82, 2.24) is 14.5 Å². The molecule has 1 aliphatic carbocycles. The van der Waals surface area contributed by atoms with Gasteiger partial charge in [0.05, 0.1) is 4.90 Å². The summed E-state index contributed by atoms with van der Waals surface area (Å²) in [7, 11) is -3.54. The Hall–Kier alpha value is -2.71. The average Bonchev–Trinajstić information content (AvgIpc) is 2.83. The molecule has 32 heavy (non-hydrogen) atoms. The summed E-state index contributed by atoms with van der Waals surface area (Å²) in [6.07, 6.45) is 2.98. The van der Waals surface area contributed by atoms with Crippen LogP contribution in [0.1, 0.15) is 30.4 Å². The first-order valence-electron chi connectivity index (χ1n) is 11.1. The van der Waals surface area contributed by atoms with Crippen molar-refractivity contribution in [1.29, 1.82) is 0 Å². The first-order valence-corrected chi connectivity index (χ1v) is 12.6. The summed E-state index contributed by atoms with van der Waals surface area (Å²) in [5.41, 5.74) is 2.63. The number of carbonyl (C=O) groups is 2. The van der Waals surface area contributed by atoms with Crippen LogP contribution in [0.2, 0.25) is 0 Å². The predicted octanol–water partition coefficient (Wildman–Crippen LogP) is 1.97. The minimum Gasteiger partial charge on any atom is -0.353 e. The van der Waals surface area contributed by atoms with Gasteiger partial charge >= 0.3 is 0 Å². The maximum atomic E-state index is 12.7. The van der Waals surface area contributed by atoms with Crippen molar-refractivity contribution >= 4 is 21.8 Å². The molecule has 8 heteroatoms. The summed E-state index contributed by atoms with van der Waals surface area (Å²) in [5.74, 6) is -0.209. The van der Waals surface area contributed by atoms with E-state index in [1.807, 2.05) is 12.1 Å². The highest BCUT2D eigenvalue weighted by Crippen LogP contribution is 2.21. The summed E-state index contributed by atoms with van der Waals surface area (Å²) >= 11 is 0. The third-order valence-corrected chi connectivity index (χ3v) is 8.16. The summed E-state index contributed by atoms with van der Waals surface area (Å²) < 4.78 is 26.8. The molecule has 2 aromatic carbocycles. The van der Waals surface area contributed by atoms with E-state index >= 15 is 0 Å². The Labute approximate surface area is 189 Å². The van der Waals surface area contributed by atoms with Crippen molar-refractivity contribution in [3.63, 3.8) is 0 Å². The maximum absolute atomic E-state index is 12.7. The van der Waals surface area contributed by atoms with E-state index in [4.69, 9.17) is 0 Å². The molecule has 1 fully saturated rings. The first-order chi connectivity index (χ1) is 15.4. The number of nitrogens with zero attached hydrogens (tertiary/aromatic N) is 2. The van der Waals surface area contributed by atoms with Crippen LogP contribution in [0.5, 0.6) is 0 Å². The molecule has 4 rings (SSSR count). The van der Waals surface area contributed by atoms with Crippen LogP contribution in [0, 0.1) is 0 Å². The molecular formula is C24H29N3O4S. The third kappa shape index (κ3) is 5.19. The average molecular weight is 456 g/mol. The molecule has 1 unspecified atom stereocenters. The van der Waals surface area contributed by atoms with Crippen LogP contribution < -0.4 is 5.32 Å². The number of benzene rings is 2. The SMILES string of the molecule is O=C(CCC(=O)N1CCN(S(=O)(=O)c2ccccc2)CC1)NC1CCc2ccccc2C1. The van der Waals surface area contributed by atoms with Gasteiger partial charge in [0.25, 0.3) is 0 Å². The van der Waals surface area contributed by atoms with E-state index < -0.39 is 10.0 Å². The Kier molecular flexibility index (Phi) is 6.91. The lowest BCUT2D eigenvalue weighted by atomic mass is 9.88. The van der Waals surface area contributed by atoms with Crippen LogP contribution >= 0.6 is 0 Å². The first kappa shape index (κ1) is 22.5. The van der Waals surface area contributed by atoms with Gasteiger partial charge in [-0.2, -0.15) is 4.31 Å². The molecule has 1 aliphatic heterocycles. The minimum atomic E-state index is -3.54. The fourth-order valence-corrected chi connectivity index (χ4v) is 5.86. The number of hydrogen-bond acceptors (Lipinski definition) is 4. The summed E-state index contributed by atoms with van der Waals surface area (Å²) in [6.45, 7) is 1.20. The van der Waals surface area contributed by atoms with Crippen molar-refractivity contribution in [2.24, 2.45) is 0 Å². The van der Waals surface area contributed by atoms with Crippen molar-refractivity contribution in [3.8, 4) is 0 Å². The van der Waals surface area contributed by atoms with Gasteiger partial charge in [-0.3, -0.25) is 9.59 Å². The smallest absolute Gasteiger partial charge is 0.243 e. The minimum absolute atomic E-state index is 0.104. The zero-order valence-electron chi connectivity index (χ0n) is 18.1. The van der Waals surface area contributed by atoms with E-state index in [2.05, 4.69) is 17.4 Å². The molecule has 1 atom stereocenters. The van der Waals surface area contributed by atoms with Crippen LogP contribution in [0.4, 0.5) is 0 Å². The number of hydrogen-bond donors (Lipinski definition) is 1. The van der Waals surface area contributed by atoms with Gasteiger partial charge in [0.2, 0.25) is 21.8 Å². The number of amides is 2. The van der Waals surface area contributed by atoms with Crippen LogP contribution in [0.25, 0.3) is 0 Å². The van der Waals surface area contributed by atoms with Gasteiger partial charge in [-0.25, -0.2) is 8.42 Å². The lowest BCUT2D eigenvalue weighted by Gasteiger charge is -2.34. The number of rotatable bonds is 6. The van der Waals surface area contributed by atoms with Gasteiger partial charge in [0.15, 0.2) is 0 Å². The van der Waals surface area contributed by atoms with Crippen molar-refractivity contribution in [2.45, 2.75) is 43.0 Å². The van der Waals surface area contributed by atoms with Gasteiger partial charge in [0.1, 0.15) is 0 Å². The summed E-state index contributed by atoms with van der Waals surface area (Å²) in [4.78, 5) is 26.9. The molecule has 2 amide bonds. The largest absolute Gasteiger partial charge is 0.353 e. The highest BCUT2D eigenvalue weighted by molar-refractivity contribution is 7.89. The normalized spacial score (nSPS) is 19.2. The Bertz CT molecular complexity index is 1060. The molecule has 0 bridgehead atoms. The van der Waals surface area contributed by atoms with Crippen molar-refractivity contribution in [3.05, 3.63) is 65.7 Å². The zero-order chi connectivity index (χ0) is 22.6. The molecule has 170 valence electrons. The monoisotopic (exact) mass is 455 g/mol. The van der Waals surface area contributed by atoms with Gasteiger partial charge in [-0.1, -0.05) is 42.5 Å². The Balaban J connectivity index is 1.21. The molecule has 0 aromatic heterocycles. The second-order valence-electron chi connectivity index (χ2n) is 8.37. The highest BCUT2D eigenvalue weighted by atomic mass is 32.2. The van der Waals surface area contributed by atoms with Gasteiger partial charge in [0, 0.05) is 45.1 Å². The molecule has 1 N–H and O–H groups in total. The highest BCUT2D eigenvalue weighted by Gasteiger charge is 2.30. The van der Waals surface area contributed by atoms with E-state index in [1.165, 1.54) is 15.4 Å². The Morgan fingerprint density at radius 2 is 1.53 bits per heavy atom. The van der Waals surface area contributed by atoms with Crippen LogP contribution in [0.15, 0.2) is 59.5 Å². The van der Waals surface area contributed by atoms with Crippen LogP contribution in [0.3, 0.4) is 0 Å². The van der Waals surface area contributed by atoms with Gasteiger partial charge in [-0.05, 0) is 42.5 Å². The van der Waals surface area contributed by atoms with E-state index in [0.717, 1.165) is 19.3 Å². The number of sulfonamides is 1. The fourth-order valence-electron chi connectivity index (χ4n) is 4.42. The second kappa shape index (κ2) is 9.83.